The second-order valence-corrected chi connectivity index (χ2v) is 7.63. The maximum absolute atomic E-state index is 5.61. The van der Waals surface area contributed by atoms with Gasteiger partial charge in [-0.15, -0.1) is 0 Å². The van der Waals surface area contributed by atoms with Crippen LogP contribution < -0.4 is 5.14 Å². The molecule has 0 amide bonds. The number of nitrogens with two attached hydrogens (primary N) is 1. The summed E-state index contributed by atoms with van der Waals surface area (Å²) in [4.78, 5) is 3.24. The Morgan fingerprint density at radius 2 is 1.72 bits per heavy atom. The van der Waals surface area contributed by atoms with Crippen molar-refractivity contribution in [1.29, 1.82) is 0 Å². The Labute approximate surface area is 176 Å². The largest absolute Gasteiger partial charge is 0.344 e. The summed E-state index contributed by atoms with van der Waals surface area (Å²) in [5.41, 5.74) is 6.76. The molecule has 2 nitrogen and oxygen atoms in total. The first kappa shape index (κ1) is 19.1. The number of hydrogen-bond acceptors (Lipinski definition) is 3. The second-order valence-electron chi connectivity index (χ2n) is 6.92. The van der Waals surface area contributed by atoms with Crippen molar-refractivity contribution in [2.45, 2.75) is 17.9 Å². The minimum atomic E-state index is 0.752. The van der Waals surface area contributed by atoms with E-state index in [9.17, 15) is 0 Å². The van der Waals surface area contributed by atoms with E-state index in [0.717, 1.165) is 34.7 Å². The average molecular weight is 395 g/mol. The zero-order chi connectivity index (χ0) is 20.1. The Morgan fingerprint density at radius 1 is 0.931 bits per heavy atom. The fourth-order valence-electron chi connectivity index (χ4n) is 3.31. The lowest BCUT2D eigenvalue weighted by Crippen LogP contribution is -2.18. The molecule has 0 unspecified atom stereocenters. The highest BCUT2D eigenvalue weighted by atomic mass is 32.2. The van der Waals surface area contributed by atoms with Crippen LogP contribution >= 0.6 is 11.9 Å². The molecular formula is C26H22N2S. The highest BCUT2D eigenvalue weighted by molar-refractivity contribution is 7.97. The number of rotatable bonds is 4. The molecule has 0 saturated heterocycles. The highest BCUT2D eigenvalue weighted by Crippen LogP contribution is 2.30. The summed E-state index contributed by atoms with van der Waals surface area (Å²) in [6, 6.07) is 25.0. The summed E-state index contributed by atoms with van der Waals surface area (Å²) in [5.74, 6) is 6.57. The quantitative estimate of drug-likeness (QED) is 0.454. The first-order valence-corrected chi connectivity index (χ1v) is 10.4. The van der Waals surface area contributed by atoms with Gasteiger partial charge in [0.05, 0.1) is 0 Å². The van der Waals surface area contributed by atoms with Gasteiger partial charge in [-0.05, 0) is 59.0 Å². The molecule has 0 radical (unpaired) electrons. The average Bonchev–Trinajstić information content (AvgIpc) is 2.77. The number of nitrogens with zero attached hydrogens (tertiary/aromatic N) is 1. The SMILES string of the molecule is C=C1c2cc(C#CCc3ccccc3)ccc2C=CN1Cc1ccc(SN)cc1. The highest BCUT2D eigenvalue weighted by Gasteiger charge is 2.15. The van der Waals surface area contributed by atoms with Gasteiger partial charge < -0.3 is 4.90 Å². The minimum Gasteiger partial charge on any atom is -0.344 e. The van der Waals surface area contributed by atoms with Crippen molar-refractivity contribution < 1.29 is 0 Å². The van der Waals surface area contributed by atoms with Crippen LogP contribution in [0, 0.1) is 11.8 Å². The zero-order valence-corrected chi connectivity index (χ0v) is 17.0. The molecule has 2 N–H and O–H groups in total. The lowest BCUT2D eigenvalue weighted by molar-refractivity contribution is 0.527. The van der Waals surface area contributed by atoms with Gasteiger partial charge in [0.25, 0.3) is 0 Å². The summed E-state index contributed by atoms with van der Waals surface area (Å²) in [6.07, 6.45) is 4.98. The van der Waals surface area contributed by atoms with Gasteiger partial charge in [0, 0.05) is 40.9 Å². The van der Waals surface area contributed by atoms with Gasteiger partial charge in [-0.1, -0.05) is 67.0 Å². The lowest BCUT2D eigenvalue weighted by atomic mass is 9.98. The number of hydrogen-bond donors (Lipinski definition) is 1. The molecule has 1 heterocycles. The minimum absolute atomic E-state index is 0.752. The maximum atomic E-state index is 5.61. The van der Waals surface area contributed by atoms with E-state index in [1.54, 1.807) is 0 Å². The van der Waals surface area contributed by atoms with E-state index in [1.165, 1.54) is 28.6 Å². The molecule has 3 aromatic carbocycles. The van der Waals surface area contributed by atoms with E-state index in [2.05, 4.69) is 78.1 Å². The molecule has 0 atom stereocenters. The Bertz CT molecular complexity index is 1100. The maximum Gasteiger partial charge on any atom is 0.0475 e. The first-order chi connectivity index (χ1) is 14.2. The third-order valence-electron chi connectivity index (χ3n) is 4.93. The fraction of sp³-hybridized carbons (Fsp3) is 0.0769. The Kier molecular flexibility index (Phi) is 5.86. The van der Waals surface area contributed by atoms with E-state index in [1.807, 2.05) is 30.3 Å². The van der Waals surface area contributed by atoms with Crippen molar-refractivity contribution in [3.05, 3.63) is 113 Å². The van der Waals surface area contributed by atoms with Crippen LogP contribution in [0.15, 0.2) is 90.5 Å². The van der Waals surface area contributed by atoms with Crippen LogP contribution in [0.4, 0.5) is 0 Å². The van der Waals surface area contributed by atoms with E-state index >= 15 is 0 Å². The summed E-state index contributed by atoms with van der Waals surface area (Å²) < 4.78 is 0. The molecule has 0 saturated carbocycles. The van der Waals surface area contributed by atoms with Crippen LogP contribution in [-0.2, 0) is 13.0 Å². The Hall–Kier alpha value is -3.19. The monoisotopic (exact) mass is 394 g/mol. The smallest absolute Gasteiger partial charge is 0.0475 e. The third kappa shape index (κ3) is 4.63. The molecule has 142 valence electrons. The summed E-state index contributed by atoms with van der Waals surface area (Å²) in [7, 11) is 0. The molecule has 4 rings (SSSR count). The van der Waals surface area contributed by atoms with Gasteiger partial charge >= 0.3 is 0 Å². The molecule has 3 aromatic rings. The van der Waals surface area contributed by atoms with E-state index in [-0.39, 0.29) is 0 Å². The number of fused-ring (bicyclic) bond motifs is 1. The molecule has 1 aliphatic rings. The Morgan fingerprint density at radius 3 is 2.48 bits per heavy atom. The molecule has 3 heteroatoms. The van der Waals surface area contributed by atoms with Crippen LogP contribution in [0.2, 0.25) is 0 Å². The topological polar surface area (TPSA) is 29.3 Å². The normalized spacial score (nSPS) is 12.3. The molecule has 29 heavy (non-hydrogen) atoms. The number of benzene rings is 3. The van der Waals surface area contributed by atoms with Crippen molar-refractivity contribution in [3.63, 3.8) is 0 Å². The van der Waals surface area contributed by atoms with Crippen molar-refractivity contribution in [3.8, 4) is 11.8 Å². The van der Waals surface area contributed by atoms with Gasteiger partial charge in [-0.2, -0.15) is 0 Å². The summed E-state index contributed by atoms with van der Waals surface area (Å²) >= 11 is 1.26. The zero-order valence-electron chi connectivity index (χ0n) is 16.1. The third-order valence-corrected chi connectivity index (χ3v) is 5.47. The predicted molar refractivity (Wildman–Crippen MR) is 124 cm³/mol. The van der Waals surface area contributed by atoms with Crippen molar-refractivity contribution in [2.75, 3.05) is 0 Å². The van der Waals surface area contributed by atoms with Gasteiger partial charge in [0.1, 0.15) is 0 Å². The van der Waals surface area contributed by atoms with Crippen molar-refractivity contribution in [1.82, 2.24) is 4.90 Å². The van der Waals surface area contributed by atoms with Gasteiger partial charge in [0.15, 0.2) is 0 Å². The van der Waals surface area contributed by atoms with Crippen molar-refractivity contribution in [2.24, 2.45) is 5.14 Å². The van der Waals surface area contributed by atoms with Crippen LogP contribution in [0.1, 0.15) is 27.8 Å². The van der Waals surface area contributed by atoms with Crippen LogP contribution in [-0.4, -0.2) is 4.90 Å². The Balaban J connectivity index is 1.50. The van der Waals surface area contributed by atoms with Crippen LogP contribution in [0.5, 0.6) is 0 Å². The van der Waals surface area contributed by atoms with Gasteiger partial charge in [-0.3, -0.25) is 5.14 Å². The molecule has 0 bridgehead atoms. The van der Waals surface area contributed by atoms with E-state index in [4.69, 9.17) is 5.14 Å². The van der Waals surface area contributed by atoms with Crippen molar-refractivity contribution >= 4 is 23.7 Å². The van der Waals surface area contributed by atoms with Crippen LogP contribution in [0.3, 0.4) is 0 Å². The second kappa shape index (κ2) is 8.87. The molecule has 0 fully saturated rings. The van der Waals surface area contributed by atoms with E-state index in [0.29, 0.717) is 0 Å². The molecule has 0 aromatic heterocycles. The summed E-state index contributed by atoms with van der Waals surface area (Å²) in [5, 5.41) is 5.61. The molecule has 0 spiro atoms. The molecule has 0 aliphatic carbocycles. The molecule has 1 aliphatic heterocycles. The standard InChI is InChI=1S/C26H22N2S/c1-20-26-18-22(9-5-8-21-6-3-2-4-7-21)10-13-24(26)16-17-28(20)19-23-11-14-25(29-27)15-12-23/h2-4,6-7,10-18H,1,8,19,27H2. The molecular weight excluding hydrogens is 372 g/mol. The van der Waals surface area contributed by atoms with Gasteiger partial charge in [-0.25, -0.2) is 0 Å². The lowest BCUT2D eigenvalue weighted by Gasteiger charge is -2.28. The van der Waals surface area contributed by atoms with Gasteiger partial charge in [0.2, 0.25) is 0 Å². The first-order valence-electron chi connectivity index (χ1n) is 9.49. The predicted octanol–water partition coefficient (Wildman–Crippen LogP) is 5.70. The van der Waals surface area contributed by atoms with E-state index < -0.39 is 0 Å². The summed E-state index contributed by atoms with van der Waals surface area (Å²) in [6.45, 7) is 5.11. The fourth-order valence-corrected chi connectivity index (χ4v) is 3.60. The van der Waals surface area contributed by atoms with Crippen LogP contribution in [0.25, 0.3) is 11.8 Å².